The Balaban J connectivity index is 1.86. The molecule has 0 saturated heterocycles. The van der Waals surface area contributed by atoms with Gasteiger partial charge in [-0.05, 0) is 24.1 Å². The highest BCUT2D eigenvalue weighted by Crippen LogP contribution is 2.21. The summed E-state index contributed by atoms with van der Waals surface area (Å²) in [6.07, 6.45) is 5.27. The second-order valence-corrected chi connectivity index (χ2v) is 5.55. The fourth-order valence-electron chi connectivity index (χ4n) is 1.84. The van der Waals surface area contributed by atoms with Gasteiger partial charge in [0.25, 0.3) is 5.91 Å². The molecule has 23 heavy (non-hydrogen) atoms. The predicted octanol–water partition coefficient (Wildman–Crippen LogP) is 3.35. The zero-order chi connectivity index (χ0) is 16.7. The SMILES string of the molecule is C=CCNC(=O)c1cnc(NCCc2ccc(Cl)cc2Cl)nc1. The van der Waals surface area contributed by atoms with Gasteiger partial charge >= 0.3 is 0 Å². The Morgan fingerprint density at radius 1 is 1.26 bits per heavy atom. The molecule has 1 heterocycles. The summed E-state index contributed by atoms with van der Waals surface area (Å²) in [5.41, 5.74) is 1.39. The molecule has 0 aliphatic heterocycles. The molecule has 2 N–H and O–H groups in total. The molecule has 2 aromatic rings. The van der Waals surface area contributed by atoms with Gasteiger partial charge < -0.3 is 10.6 Å². The number of carbonyl (C=O) groups excluding carboxylic acids is 1. The second kappa shape index (κ2) is 8.50. The van der Waals surface area contributed by atoms with Crippen LogP contribution in [0.1, 0.15) is 15.9 Å². The lowest BCUT2D eigenvalue weighted by Crippen LogP contribution is -2.23. The number of aromatic nitrogens is 2. The van der Waals surface area contributed by atoms with Gasteiger partial charge in [-0.1, -0.05) is 35.3 Å². The van der Waals surface area contributed by atoms with E-state index in [1.54, 1.807) is 18.2 Å². The molecule has 7 heteroatoms. The summed E-state index contributed by atoms with van der Waals surface area (Å²) in [6.45, 7) is 4.56. The van der Waals surface area contributed by atoms with Crippen LogP contribution in [0.5, 0.6) is 0 Å². The van der Waals surface area contributed by atoms with Crippen molar-refractivity contribution in [2.75, 3.05) is 18.4 Å². The average Bonchev–Trinajstić information content (AvgIpc) is 2.55. The summed E-state index contributed by atoms with van der Waals surface area (Å²) in [5.74, 6) is 0.222. The van der Waals surface area contributed by atoms with Crippen LogP contribution in [0.15, 0.2) is 43.2 Å². The fourth-order valence-corrected chi connectivity index (χ4v) is 2.34. The van der Waals surface area contributed by atoms with Crippen molar-refractivity contribution in [3.05, 3.63) is 64.4 Å². The second-order valence-electron chi connectivity index (χ2n) is 4.71. The third-order valence-electron chi connectivity index (χ3n) is 3.01. The zero-order valence-electron chi connectivity index (χ0n) is 12.4. The number of rotatable bonds is 7. The topological polar surface area (TPSA) is 66.9 Å². The molecule has 0 fully saturated rings. The van der Waals surface area contributed by atoms with Crippen LogP contribution in [0.3, 0.4) is 0 Å². The first-order valence-electron chi connectivity index (χ1n) is 6.99. The third-order valence-corrected chi connectivity index (χ3v) is 3.60. The Labute approximate surface area is 144 Å². The summed E-state index contributed by atoms with van der Waals surface area (Å²) in [5, 5.41) is 6.99. The maximum absolute atomic E-state index is 11.7. The number of carbonyl (C=O) groups is 1. The Hall–Kier alpha value is -2.11. The van der Waals surface area contributed by atoms with Gasteiger partial charge in [-0.2, -0.15) is 0 Å². The number of nitrogens with one attached hydrogen (secondary N) is 2. The molecule has 2 rings (SSSR count). The van der Waals surface area contributed by atoms with E-state index >= 15 is 0 Å². The molecule has 0 bridgehead atoms. The highest BCUT2D eigenvalue weighted by molar-refractivity contribution is 6.35. The van der Waals surface area contributed by atoms with E-state index in [4.69, 9.17) is 23.2 Å². The number of halogens is 2. The lowest BCUT2D eigenvalue weighted by molar-refractivity contribution is 0.0957. The van der Waals surface area contributed by atoms with Crippen molar-refractivity contribution in [1.29, 1.82) is 0 Å². The van der Waals surface area contributed by atoms with E-state index in [0.29, 0.717) is 41.1 Å². The maximum atomic E-state index is 11.7. The first kappa shape index (κ1) is 17.2. The predicted molar refractivity (Wildman–Crippen MR) is 93.2 cm³/mol. The Bertz CT molecular complexity index is 689. The minimum atomic E-state index is -0.232. The van der Waals surface area contributed by atoms with Gasteiger partial charge in [0.2, 0.25) is 5.95 Å². The molecule has 0 aliphatic rings. The van der Waals surface area contributed by atoms with E-state index in [9.17, 15) is 4.79 Å². The summed E-state index contributed by atoms with van der Waals surface area (Å²) in [6, 6.07) is 5.40. The van der Waals surface area contributed by atoms with Crippen LogP contribution in [0.2, 0.25) is 10.0 Å². The van der Waals surface area contributed by atoms with Gasteiger partial charge in [-0.3, -0.25) is 4.79 Å². The van der Waals surface area contributed by atoms with Crippen LogP contribution in [0.4, 0.5) is 5.95 Å². The van der Waals surface area contributed by atoms with Crippen molar-refractivity contribution in [2.24, 2.45) is 0 Å². The van der Waals surface area contributed by atoms with Crippen LogP contribution in [-0.2, 0) is 6.42 Å². The van der Waals surface area contributed by atoms with E-state index in [-0.39, 0.29) is 5.91 Å². The van der Waals surface area contributed by atoms with E-state index in [0.717, 1.165) is 5.56 Å². The van der Waals surface area contributed by atoms with E-state index in [2.05, 4.69) is 27.2 Å². The van der Waals surface area contributed by atoms with Gasteiger partial charge in [-0.15, -0.1) is 6.58 Å². The highest BCUT2D eigenvalue weighted by atomic mass is 35.5. The number of nitrogens with zero attached hydrogens (tertiary/aromatic N) is 2. The number of benzene rings is 1. The summed E-state index contributed by atoms with van der Waals surface area (Å²) in [7, 11) is 0. The van der Waals surface area contributed by atoms with E-state index < -0.39 is 0 Å². The molecule has 0 radical (unpaired) electrons. The minimum Gasteiger partial charge on any atom is -0.354 e. The average molecular weight is 351 g/mol. The Morgan fingerprint density at radius 2 is 2.00 bits per heavy atom. The molecule has 0 aliphatic carbocycles. The lowest BCUT2D eigenvalue weighted by atomic mass is 10.1. The lowest BCUT2D eigenvalue weighted by Gasteiger charge is -2.07. The molecular formula is C16H16Cl2N4O. The third kappa shape index (κ3) is 5.23. The van der Waals surface area contributed by atoms with Gasteiger partial charge in [0, 0.05) is 35.5 Å². The Morgan fingerprint density at radius 3 is 2.65 bits per heavy atom. The summed E-state index contributed by atoms with van der Waals surface area (Å²) in [4.78, 5) is 19.9. The molecule has 0 spiro atoms. The molecule has 0 unspecified atom stereocenters. The van der Waals surface area contributed by atoms with Crippen LogP contribution < -0.4 is 10.6 Å². The monoisotopic (exact) mass is 350 g/mol. The van der Waals surface area contributed by atoms with Gasteiger partial charge in [0.15, 0.2) is 0 Å². The van der Waals surface area contributed by atoms with Crippen LogP contribution >= 0.6 is 23.2 Å². The molecule has 120 valence electrons. The largest absolute Gasteiger partial charge is 0.354 e. The first-order chi connectivity index (χ1) is 11.1. The van der Waals surface area contributed by atoms with Crippen molar-refractivity contribution in [1.82, 2.24) is 15.3 Å². The normalized spacial score (nSPS) is 10.2. The molecule has 1 aromatic heterocycles. The molecular weight excluding hydrogens is 335 g/mol. The van der Waals surface area contributed by atoms with Crippen molar-refractivity contribution >= 4 is 35.1 Å². The first-order valence-corrected chi connectivity index (χ1v) is 7.74. The molecule has 0 atom stereocenters. The Kier molecular flexibility index (Phi) is 6.38. The minimum absolute atomic E-state index is 0.232. The van der Waals surface area contributed by atoms with Gasteiger partial charge in [0.1, 0.15) is 0 Å². The van der Waals surface area contributed by atoms with Crippen LogP contribution in [-0.4, -0.2) is 29.0 Å². The van der Waals surface area contributed by atoms with Crippen molar-refractivity contribution in [3.63, 3.8) is 0 Å². The van der Waals surface area contributed by atoms with Gasteiger partial charge in [-0.25, -0.2) is 9.97 Å². The maximum Gasteiger partial charge on any atom is 0.254 e. The molecule has 1 aromatic carbocycles. The van der Waals surface area contributed by atoms with E-state index in [1.807, 2.05) is 6.07 Å². The standard InChI is InChI=1S/C16H16Cl2N4O/c1-2-6-19-15(23)12-9-21-16(22-10-12)20-7-5-11-3-4-13(17)8-14(11)18/h2-4,8-10H,1,5-7H2,(H,19,23)(H,20,21,22). The van der Waals surface area contributed by atoms with Crippen LogP contribution in [0.25, 0.3) is 0 Å². The van der Waals surface area contributed by atoms with Crippen molar-refractivity contribution in [3.8, 4) is 0 Å². The molecule has 1 amide bonds. The number of hydrogen-bond acceptors (Lipinski definition) is 4. The highest BCUT2D eigenvalue weighted by Gasteiger charge is 2.06. The fraction of sp³-hybridized carbons (Fsp3) is 0.188. The molecule has 5 nitrogen and oxygen atoms in total. The summed E-state index contributed by atoms with van der Waals surface area (Å²) >= 11 is 12.0. The molecule has 0 saturated carbocycles. The van der Waals surface area contributed by atoms with Crippen molar-refractivity contribution in [2.45, 2.75) is 6.42 Å². The summed E-state index contributed by atoms with van der Waals surface area (Å²) < 4.78 is 0. The van der Waals surface area contributed by atoms with E-state index in [1.165, 1.54) is 12.4 Å². The number of amides is 1. The van der Waals surface area contributed by atoms with Gasteiger partial charge in [0.05, 0.1) is 5.56 Å². The quantitative estimate of drug-likeness (QED) is 0.751. The smallest absolute Gasteiger partial charge is 0.254 e. The zero-order valence-corrected chi connectivity index (χ0v) is 13.9. The number of hydrogen-bond donors (Lipinski definition) is 2. The number of anilines is 1. The van der Waals surface area contributed by atoms with Crippen LogP contribution in [0, 0.1) is 0 Å². The van der Waals surface area contributed by atoms with Crippen molar-refractivity contribution < 1.29 is 4.79 Å².